The molecule has 0 bridgehead atoms. The van der Waals surface area contributed by atoms with Crippen molar-refractivity contribution in [1.82, 2.24) is 39.2 Å². The van der Waals surface area contributed by atoms with Gasteiger partial charge in [0, 0.05) is 158 Å². The third kappa shape index (κ3) is 32.6. The second kappa shape index (κ2) is 57.7. The van der Waals surface area contributed by atoms with Crippen LogP contribution < -0.4 is 0 Å². The summed E-state index contributed by atoms with van der Waals surface area (Å²) in [4.78, 5) is 215. The maximum Gasteiger partial charge on any atom is 0.307 e. The average Bonchev–Trinajstić information content (AvgIpc) is 1.30. The number of thioether (sulfide) groups is 2. The van der Waals surface area contributed by atoms with Crippen LogP contribution in [0.2, 0.25) is 0 Å². The van der Waals surface area contributed by atoms with Crippen molar-refractivity contribution < 1.29 is 101 Å². The number of amides is 10. The number of hydrogen-bond acceptors (Lipinski definition) is 22. The minimum atomic E-state index is -1.05. The van der Waals surface area contributed by atoms with Crippen LogP contribution in [0.1, 0.15) is 262 Å². The number of methoxy groups -OCH3 is 4. The number of aliphatic hydroxyl groups excluding tert-OH is 1. The van der Waals surface area contributed by atoms with Gasteiger partial charge in [0.15, 0.2) is 11.6 Å². The van der Waals surface area contributed by atoms with Crippen LogP contribution in [0, 0.1) is 71.0 Å². The topological polar surface area (TPSA) is 359 Å². The van der Waals surface area contributed by atoms with Gasteiger partial charge in [0.05, 0.1) is 96.0 Å². The molecule has 0 saturated carbocycles. The monoisotopic (exact) mass is 1930 g/mol. The second-order valence-electron chi connectivity index (χ2n) is 39.8. The fourth-order valence-corrected chi connectivity index (χ4v) is 21.9. The first-order valence-corrected chi connectivity index (χ1v) is 52.0. The number of benzene rings is 2. The van der Waals surface area contributed by atoms with Crippen LogP contribution in [-0.2, 0) is 97.3 Å². The normalized spacial score (nSPS) is 20.3. The highest BCUT2D eigenvalue weighted by atomic mass is 32.2. The van der Waals surface area contributed by atoms with Gasteiger partial charge < -0.3 is 58.6 Å². The zero-order valence-corrected chi connectivity index (χ0v) is 87.5. The van der Waals surface area contributed by atoms with E-state index < -0.39 is 96.3 Å². The zero-order chi connectivity index (χ0) is 101. The summed E-state index contributed by atoms with van der Waals surface area (Å²) in [6.45, 7) is 30.3. The lowest BCUT2D eigenvalue weighted by atomic mass is 9.83. The summed E-state index contributed by atoms with van der Waals surface area (Å²) >= 11 is 2.76. The average molecular weight is 1930 g/mol. The van der Waals surface area contributed by atoms with Gasteiger partial charge in [-0.25, -0.2) is 0 Å². The third-order valence-corrected chi connectivity index (χ3v) is 31.1. The van der Waals surface area contributed by atoms with Crippen molar-refractivity contribution in [3.8, 4) is 0 Å². The number of Topliss-reactive ketones (excluding diaryl/α,β-unsaturated/α-hetero) is 4. The number of carbonyl (C=O) groups is 15. The highest BCUT2D eigenvalue weighted by Crippen LogP contribution is 2.38. The number of carboxylic acid groups (broad SMARTS) is 1. The van der Waals surface area contributed by atoms with E-state index in [0.29, 0.717) is 96.8 Å². The van der Waals surface area contributed by atoms with E-state index in [1.807, 2.05) is 170 Å². The first-order valence-electron chi connectivity index (χ1n) is 49.4. The van der Waals surface area contributed by atoms with E-state index in [-0.39, 0.29) is 211 Å². The van der Waals surface area contributed by atoms with E-state index >= 15 is 0 Å². The van der Waals surface area contributed by atoms with Gasteiger partial charge in [0.2, 0.25) is 59.1 Å². The molecule has 0 radical (unpaired) electrons. The van der Waals surface area contributed by atoms with E-state index in [4.69, 9.17) is 18.9 Å². The molecule has 4 aliphatic heterocycles. The van der Waals surface area contributed by atoms with E-state index in [1.165, 1.54) is 57.3 Å². The van der Waals surface area contributed by atoms with Crippen LogP contribution in [0.4, 0.5) is 0 Å². The van der Waals surface area contributed by atoms with Gasteiger partial charge in [-0.1, -0.05) is 190 Å². The van der Waals surface area contributed by atoms with Crippen molar-refractivity contribution in [2.75, 3.05) is 95.3 Å². The number of ether oxygens (including phenoxy) is 4. The smallest absolute Gasteiger partial charge is 0.307 e. The Kier molecular flexibility index (Phi) is 50.3. The number of carboxylic acids is 1. The number of rotatable bonds is 59. The first kappa shape index (κ1) is 118. The molecule has 0 spiro atoms. The van der Waals surface area contributed by atoms with Crippen LogP contribution in [-0.4, -0.2) is 304 Å². The van der Waals surface area contributed by atoms with E-state index in [2.05, 4.69) is 0 Å². The summed E-state index contributed by atoms with van der Waals surface area (Å²) in [7, 11) is 12.9. The highest BCUT2D eigenvalue weighted by molar-refractivity contribution is 8.00. The molecule has 4 heterocycles. The lowest BCUT2D eigenvalue weighted by Gasteiger charge is -2.41. The maximum absolute atomic E-state index is 14.7. The van der Waals surface area contributed by atoms with E-state index in [9.17, 15) is 82.1 Å². The molecule has 2 aromatic rings. The molecule has 10 amide bonds. The molecule has 760 valence electrons. The molecule has 31 heteroatoms. The van der Waals surface area contributed by atoms with Crippen LogP contribution in [0.5, 0.6) is 0 Å². The summed E-state index contributed by atoms with van der Waals surface area (Å²) in [6, 6.07) is 15.2. The number of likely N-dealkylation sites (N-methyl/N-ethyl adjacent to an activating group) is 4. The molecule has 4 fully saturated rings. The number of unbranched alkanes of at least 4 members (excludes halogenated alkanes) is 4. The fraction of sp³-hybridized carbons (Fsp3) is 0.740. The zero-order valence-electron chi connectivity index (χ0n) is 85.8. The summed E-state index contributed by atoms with van der Waals surface area (Å²) in [6.07, 6.45) is 8.81. The Balaban J connectivity index is 0.000000477. The Morgan fingerprint density at radius 3 is 1.15 bits per heavy atom. The Labute approximate surface area is 814 Å². The van der Waals surface area contributed by atoms with Crippen molar-refractivity contribution in [2.45, 2.75) is 329 Å². The molecular formula is C104H166N8O21S2. The predicted octanol–water partition coefficient (Wildman–Crippen LogP) is 13.6. The van der Waals surface area contributed by atoms with Gasteiger partial charge in [0.1, 0.15) is 11.6 Å². The number of ketones is 4. The summed E-state index contributed by atoms with van der Waals surface area (Å²) in [5.41, 5.74) is 1.58. The number of carbonyl (C=O) groups excluding carboxylic acids is 14. The summed E-state index contributed by atoms with van der Waals surface area (Å²) in [5.74, 6) is -8.41. The van der Waals surface area contributed by atoms with Crippen molar-refractivity contribution in [1.29, 1.82) is 0 Å². The molecule has 0 aliphatic carbocycles. The molecular weight excluding hydrogens is 1760 g/mol. The molecule has 2 aromatic carbocycles. The van der Waals surface area contributed by atoms with Crippen molar-refractivity contribution in [3.05, 3.63) is 71.8 Å². The number of aliphatic hydroxyl groups is 1. The fourth-order valence-electron chi connectivity index (χ4n) is 20.6. The van der Waals surface area contributed by atoms with Gasteiger partial charge in [0.25, 0.3) is 0 Å². The Morgan fingerprint density at radius 1 is 0.452 bits per heavy atom. The predicted molar refractivity (Wildman–Crippen MR) is 526 cm³/mol. The van der Waals surface area contributed by atoms with Gasteiger partial charge in [-0.05, 0) is 123 Å². The van der Waals surface area contributed by atoms with Gasteiger partial charge >= 0.3 is 5.97 Å². The SMILES string of the molecule is CC[C@H](C)[C@@H]([C@@H](CC(=O)N1CCC[C@H]1[C@H](OC)[C@@H](C)C(=O)C[C@@H](Cc1ccccc1)C(=O)O)OC)N(C)C(=O)[C@@H](CC(=O)[C@H](C(C)C)N(C)C(=O)CCCCCN1C(=O)CC(SC)C1=O)C(C)C.CC[C@H](C)[C@@H]([C@@H](CC(=O)N1CCC[C@H]1[C@H](OC)[C@@H](C)C(=O)C[C@H](C)[C@@H](O)c1ccccc1)OC)N(C)C(=O)[C@@H](CC(=O)[C@H](C(C)C)N(C)C(=O)CCCCCN1C(=O)CC(SC)C1=O)C(C)C. The van der Waals surface area contributed by atoms with E-state index in [1.54, 1.807) is 68.9 Å². The lowest BCUT2D eigenvalue weighted by Crippen LogP contribution is -2.54. The molecule has 135 heavy (non-hydrogen) atoms. The number of likely N-dealkylation sites (tertiary alicyclic amines) is 4. The Morgan fingerprint density at radius 2 is 0.822 bits per heavy atom. The molecule has 4 aliphatic rings. The lowest BCUT2D eigenvalue weighted by molar-refractivity contribution is -0.150. The standard InChI is InChI=1S/C52H82N4O11S.C52H84N4O10S/c1-13-34(6)48(42(66-10)30-45(60)55-26-20-23-39(55)49(67-11)35(7)40(57)28-37(52(64)65)27-36-21-16-14-17-22-36)54(9)50(62)38(32(2)3)29-41(58)47(33(4)5)53(8)44(59)24-18-15-19-25-56-46(61)31-43(68-12)51(56)63;1-14-34(6)48(42(65-11)30-45(60)55-27-21-24-39(55)50(66-12)36(8)40(57)28-35(7)49(62)37-22-17-15-18-23-37)54(10)51(63)38(32(2)3)29-41(58)47(33(4)5)53(9)44(59)25-19-16-20-26-56-46(61)31-43(67-13)52(56)64/h14,16-17,21-22,32-35,37-39,42-43,47-49H,13,15,18-20,23-31H2,1-12H3,(H,64,65);15,17-18,22-23,32-36,38-39,42-43,47-50,62H,14,16,19-21,24-31H2,1-13H3/t34-,35-,37+,38-,39-,42+,43?,47-,48-,49+;34-,35-,36-,38-,39-,42+,43?,47-,48-,49+,50+/m00/s1. The van der Waals surface area contributed by atoms with Gasteiger partial charge in [-0.15, -0.1) is 0 Å². The molecule has 21 atom stereocenters. The minimum absolute atomic E-state index is 0.000711. The highest BCUT2D eigenvalue weighted by Gasteiger charge is 2.49. The number of nitrogens with zero attached hydrogens (tertiary/aromatic N) is 8. The molecule has 0 aromatic heterocycles. The van der Waals surface area contributed by atoms with Crippen molar-refractivity contribution in [3.63, 3.8) is 0 Å². The first-order chi connectivity index (χ1) is 63.8. The minimum Gasteiger partial charge on any atom is -0.481 e. The Bertz CT molecular complexity index is 4180. The van der Waals surface area contributed by atoms with Crippen LogP contribution in [0.15, 0.2) is 60.7 Å². The molecule has 2 N–H and O–H groups in total. The van der Waals surface area contributed by atoms with Crippen LogP contribution >= 0.6 is 23.5 Å². The molecule has 4 saturated heterocycles. The Hall–Kier alpha value is -7.81. The molecule has 29 nitrogen and oxygen atoms in total. The summed E-state index contributed by atoms with van der Waals surface area (Å²) in [5, 5.41) is 20.3. The van der Waals surface area contributed by atoms with Gasteiger partial charge in [-0.3, -0.25) is 81.7 Å². The third-order valence-electron chi connectivity index (χ3n) is 29.2. The second-order valence-corrected chi connectivity index (χ2v) is 41.8. The number of imide groups is 2. The van der Waals surface area contributed by atoms with Crippen LogP contribution in [0.3, 0.4) is 0 Å². The van der Waals surface area contributed by atoms with Gasteiger partial charge in [-0.2, -0.15) is 23.5 Å². The van der Waals surface area contributed by atoms with Crippen molar-refractivity contribution in [2.24, 2.45) is 71.0 Å². The summed E-state index contributed by atoms with van der Waals surface area (Å²) < 4.78 is 24.1. The number of aliphatic carboxylic acids is 1. The maximum atomic E-state index is 14.7. The number of hydrogen-bond donors (Lipinski definition) is 2. The molecule has 2 unspecified atom stereocenters. The van der Waals surface area contributed by atoms with E-state index in [0.717, 1.165) is 17.5 Å². The molecule has 6 rings (SSSR count). The van der Waals surface area contributed by atoms with Crippen LogP contribution in [0.25, 0.3) is 0 Å². The van der Waals surface area contributed by atoms with Crippen molar-refractivity contribution >= 4 is 112 Å². The quantitative estimate of drug-likeness (QED) is 0.0459. The largest absolute Gasteiger partial charge is 0.481 e.